The summed E-state index contributed by atoms with van der Waals surface area (Å²) in [6.07, 6.45) is 5.88. The molecule has 0 bridgehead atoms. The number of carbonyl (C=O) groups is 2. The molecule has 6 nitrogen and oxygen atoms in total. The molecule has 1 spiro atoms. The van der Waals surface area contributed by atoms with Crippen LogP contribution in [0.1, 0.15) is 53.1 Å². The fourth-order valence-electron chi connectivity index (χ4n) is 6.27. The fourth-order valence-corrected chi connectivity index (χ4v) is 6.62. The van der Waals surface area contributed by atoms with Gasteiger partial charge in [-0.1, -0.05) is 48.2 Å². The standard InChI is InChI=1S/C32H28Cl2N2O4/c1-4-19-6-10-27(40-17-31(3)15-39-16-31)23(11-19)25-14-28(37)36-29(22-12-20(33)7-5-18(22)2)32(25)24-9-8-21(34)13-26(24)35-30(32)38/h1,5-13,25,29H,14-17H2,2-3H3,(H,35,38)(H,36,37)/t25-,29+,32-/m1/s1. The number of anilines is 1. The van der Waals surface area contributed by atoms with Gasteiger partial charge < -0.3 is 20.1 Å². The molecule has 3 aliphatic heterocycles. The third-order valence-corrected chi connectivity index (χ3v) is 8.80. The number of halogens is 2. The lowest BCUT2D eigenvalue weighted by atomic mass is 9.58. The number of aryl methyl sites for hydroxylation is 1. The van der Waals surface area contributed by atoms with E-state index >= 15 is 0 Å². The lowest BCUT2D eigenvalue weighted by Crippen LogP contribution is -2.57. The topological polar surface area (TPSA) is 76.7 Å². The molecule has 3 atom stereocenters. The molecule has 204 valence electrons. The van der Waals surface area contributed by atoms with Crippen LogP contribution in [0, 0.1) is 24.7 Å². The number of terminal acetylenes is 1. The molecule has 40 heavy (non-hydrogen) atoms. The Morgan fingerprint density at radius 3 is 2.52 bits per heavy atom. The summed E-state index contributed by atoms with van der Waals surface area (Å²) in [4.78, 5) is 27.9. The van der Waals surface area contributed by atoms with Crippen LogP contribution in [0.3, 0.4) is 0 Å². The van der Waals surface area contributed by atoms with E-state index in [1.54, 1.807) is 18.2 Å². The molecule has 2 fully saturated rings. The van der Waals surface area contributed by atoms with Gasteiger partial charge in [0.1, 0.15) is 11.2 Å². The zero-order chi connectivity index (χ0) is 28.2. The molecule has 0 aliphatic carbocycles. The van der Waals surface area contributed by atoms with Crippen LogP contribution in [0.25, 0.3) is 0 Å². The summed E-state index contributed by atoms with van der Waals surface area (Å²) in [6, 6.07) is 15.7. The summed E-state index contributed by atoms with van der Waals surface area (Å²) in [5.74, 6) is 2.25. The molecule has 3 aromatic rings. The van der Waals surface area contributed by atoms with E-state index in [0.29, 0.717) is 52.4 Å². The van der Waals surface area contributed by atoms with Gasteiger partial charge in [0.05, 0.1) is 25.9 Å². The number of hydrogen-bond acceptors (Lipinski definition) is 4. The average molecular weight is 575 g/mol. The van der Waals surface area contributed by atoms with E-state index in [0.717, 1.165) is 16.7 Å². The molecular weight excluding hydrogens is 547 g/mol. The van der Waals surface area contributed by atoms with Gasteiger partial charge in [0, 0.05) is 44.6 Å². The van der Waals surface area contributed by atoms with Gasteiger partial charge in [-0.05, 0) is 66.1 Å². The first-order valence-corrected chi connectivity index (χ1v) is 13.9. The van der Waals surface area contributed by atoms with E-state index < -0.39 is 17.4 Å². The van der Waals surface area contributed by atoms with Crippen LogP contribution in [0.15, 0.2) is 54.6 Å². The van der Waals surface area contributed by atoms with E-state index in [1.165, 1.54) is 0 Å². The Labute approximate surface area is 243 Å². The highest BCUT2D eigenvalue weighted by molar-refractivity contribution is 6.31. The summed E-state index contributed by atoms with van der Waals surface area (Å²) < 4.78 is 11.8. The minimum atomic E-state index is -1.24. The largest absolute Gasteiger partial charge is 0.493 e. The molecule has 3 aromatic carbocycles. The predicted molar refractivity (Wildman–Crippen MR) is 155 cm³/mol. The van der Waals surface area contributed by atoms with Crippen LogP contribution in [0.2, 0.25) is 10.0 Å². The van der Waals surface area contributed by atoms with E-state index in [2.05, 4.69) is 23.5 Å². The minimum absolute atomic E-state index is 0.0519. The number of rotatable bonds is 5. The first kappa shape index (κ1) is 26.7. The van der Waals surface area contributed by atoms with Gasteiger partial charge in [0.15, 0.2) is 0 Å². The lowest BCUT2D eigenvalue weighted by Gasteiger charge is -2.47. The molecule has 0 saturated carbocycles. The van der Waals surface area contributed by atoms with E-state index in [4.69, 9.17) is 39.1 Å². The summed E-state index contributed by atoms with van der Waals surface area (Å²) >= 11 is 12.8. The Morgan fingerprint density at radius 2 is 1.80 bits per heavy atom. The van der Waals surface area contributed by atoms with Crippen LogP contribution >= 0.6 is 23.2 Å². The Morgan fingerprint density at radius 1 is 1.05 bits per heavy atom. The van der Waals surface area contributed by atoms with Crippen molar-refractivity contribution in [3.8, 4) is 18.1 Å². The zero-order valence-electron chi connectivity index (χ0n) is 22.1. The van der Waals surface area contributed by atoms with Crippen molar-refractivity contribution in [3.05, 3.63) is 92.5 Å². The zero-order valence-corrected chi connectivity index (χ0v) is 23.7. The van der Waals surface area contributed by atoms with Crippen molar-refractivity contribution in [2.24, 2.45) is 5.41 Å². The summed E-state index contributed by atoms with van der Waals surface area (Å²) in [6.45, 7) is 5.68. The molecule has 2 amide bonds. The smallest absolute Gasteiger partial charge is 0.238 e. The quantitative estimate of drug-likeness (QED) is 0.370. The van der Waals surface area contributed by atoms with Gasteiger partial charge >= 0.3 is 0 Å². The van der Waals surface area contributed by atoms with Crippen molar-refractivity contribution >= 4 is 40.7 Å². The second-order valence-corrected chi connectivity index (χ2v) is 12.1. The second kappa shape index (κ2) is 9.85. The number of piperidine rings is 1. The Hall–Kier alpha value is -3.50. The molecule has 3 heterocycles. The van der Waals surface area contributed by atoms with Crippen LogP contribution in [0.5, 0.6) is 5.75 Å². The van der Waals surface area contributed by atoms with Crippen molar-refractivity contribution < 1.29 is 19.1 Å². The predicted octanol–water partition coefficient (Wildman–Crippen LogP) is 5.93. The first-order valence-electron chi connectivity index (χ1n) is 13.1. The summed E-state index contributed by atoms with van der Waals surface area (Å²) in [7, 11) is 0. The molecule has 6 rings (SSSR count). The summed E-state index contributed by atoms with van der Waals surface area (Å²) in [5, 5.41) is 7.22. The van der Waals surface area contributed by atoms with Crippen LogP contribution in [-0.4, -0.2) is 31.6 Å². The van der Waals surface area contributed by atoms with Gasteiger partial charge in [-0.3, -0.25) is 9.59 Å². The van der Waals surface area contributed by atoms with Gasteiger partial charge in [-0.15, -0.1) is 6.42 Å². The highest BCUT2D eigenvalue weighted by atomic mass is 35.5. The van der Waals surface area contributed by atoms with Gasteiger partial charge in [0.25, 0.3) is 0 Å². The van der Waals surface area contributed by atoms with Crippen LogP contribution in [0.4, 0.5) is 5.69 Å². The third-order valence-electron chi connectivity index (χ3n) is 8.33. The minimum Gasteiger partial charge on any atom is -0.493 e. The SMILES string of the molecule is C#Cc1ccc(OCC2(C)COC2)c([C@H]2CC(=O)N[C@@H](c3cc(Cl)ccc3C)[C@]23C(=O)Nc2cc(Cl)ccc23)c1. The normalized spacial score (nSPS) is 24.5. The van der Waals surface area contributed by atoms with Crippen LogP contribution in [-0.2, 0) is 19.7 Å². The molecular formula is C32H28Cl2N2O4. The van der Waals surface area contributed by atoms with E-state index in [-0.39, 0.29) is 23.7 Å². The van der Waals surface area contributed by atoms with Crippen molar-refractivity contribution in [2.45, 2.75) is 37.6 Å². The number of hydrogen-bond donors (Lipinski definition) is 2. The van der Waals surface area contributed by atoms with Gasteiger partial charge in [-0.2, -0.15) is 0 Å². The van der Waals surface area contributed by atoms with Crippen molar-refractivity contribution in [2.75, 3.05) is 25.1 Å². The van der Waals surface area contributed by atoms with Crippen LogP contribution < -0.4 is 15.4 Å². The maximum absolute atomic E-state index is 14.4. The Kier molecular flexibility index (Phi) is 6.58. The van der Waals surface area contributed by atoms with E-state index in [9.17, 15) is 9.59 Å². The molecule has 8 heteroatoms. The van der Waals surface area contributed by atoms with Crippen molar-refractivity contribution in [3.63, 3.8) is 0 Å². The number of benzene rings is 3. The number of carbonyl (C=O) groups excluding carboxylic acids is 2. The lowest BCUT2D eigenvalue weighted by molar-refractivity contribution is -0.131. The van der Waals surface area contributed by atoms with E-state index in [1.807, 2.05) is 43.3 Å². The van der Waals surface area contributed by atoms with Gasteiger partial charge in [0.2, 0.25) is 11.8 Å². The number of fused-ring (bicyclic) bond motifs is 2. The monoisotopic (exact) mass is 574 g/mol. The summed E-state index contributed by atoms with van der Waals surface area (Å²) in [5.41, 5.74) is 3.00. The Balaban J connectivity index is 1.60. The highest BCUT2D eigenvalue weighted by Crippen LogP contribution is 2.59. The third kappa shape index (κ3) is 4.25. The molecule has 0 unspecified atom stereocenters. The highest BCUT2D eigenvalue weighted by Gasteiger charge is 2.62. The molecule has 0 radical (unpaired) electrons. The molecule has 3 aliphatic rings. The molecule has 2 saturated heterocycles. The number of nitrogens with one attached hydrogen (secondary N) is 2. The van der Waals surface area contributed by atoms with Crippen molar-refractivity contribution in [1.29, 1.82) is 0 Å². The number of amides is 2. The maximum atomic E-state index is 14.4. The average Bonchev–Trinajstić information content (AvgIpc) is 3.19. The number of ether oxygens (including phenoxy) is 2. The second-order valence-electron chi connectivity index (χ2n) is 11.3. The Bertz CT molecular complexity index is 1590. The van der Waals surface area contributed by atoms with Crippen molar-refractivity contribution in [1.82, 2.24) is 5.32 Å². The molecule has 0 aromatic heterocycles. The first-order chi connectivity index (χ1) is 19.1. The van der Waals surface area contributed by atoms with Gasteiger partial charge in [-0.25, -0.2) is 0 Å². The maximum Gasteiger partial charge on any atom is 0.238 e. The fraction of sp³-hybridized carbons (Fsp3) is 0.312. The molecule has 2 N–H and O–H groups in total.